The highest BCUT2D eigenvalue weighted by Crippen LogP contribution is 2.42. The Hall–Kier alpha value is -0.570. The van der Waals surface area contributed by atoms with E-state index in [1.807, 2.05) is 0 Å². The highest BCUT2D eigenvalue weighted by molar-refractivity contribution is 5.78. The number of nitrogens with zero attached hydrogens (tertiary/aromatic N) is 1. The fourth-order valence-corrected chi connectivity index (χ4v) is 4.36. The first-order chi connectivity index (χ1) is 9.33. The van der Waals surface area contributed by atoms with Crippen molar-refractivity contribution in [3.63, 3.8) is 0 Å². The van der Waals surface area contributed by atoms with Crippen LogP contribution in [0.1, 0.15) is 64.2 Å². The second-order valence-electron chi connectivity index (χ2n) is 6.84. The normalized spacial score (nSPS) is 36.5. The van der Waals surface area contributed by atoms with Gasteiger partial charge in [-0.2, -0.15) is 0 Å². The lowest BCUT2D eigenvalue weighted by Gasteiger charge is -2.39. The summed E-state index contributed by atoms with van der Waals surface area (Å²) in [6, 6.07) is 0. The van der Waals surface area contributed by atoms with E-state index in [1.54, 1.807) is 0 Å². The van der Waals surface area contributed by atoms with E-state index in [0.717, 1.165) is 37.8 Å². The molecule has 0 aromatic rings. The van der Waals surface area contributed by atoms with Gasteiger partial charge in [-0.15, -0.1) is 0 Å². The monoisotopic (exact) mass is 264 g/mol. The maximum atomic E-state index is 12.4. The molecule has 0 unspecified atom stereocenters. The van der Waals surface area contributed by atoms with Crippen molar-refractivity contribution in [1.82, 2.24) is 10.4 Å². The number of carbonyl (C=O) groups is 1. The summed E-state index contributed by atoms with van der Waals surface area (Å²) >= 11 is 0. The maximum Gasteiger partial charge on any atom is 0.237 e. The van der Waals surface area contributed by atoms with Crippen molar-refractivity contribution in [2.75, 3.05) is 13.1 Å². The van der Waals surface area contributed by atoms with Gasteiger partial charge < -0.3 is 0 Å². The van der Waals surface area contributed by atoms with E-state index in [2.05, 4.69) is 10.4 Å². The van der Waals surface area contributed by atoms with Gasteiger partial charge in [0, 0.05) is 19.0 Å². The smallest absolute Gasteiger partial charge is 0.237 e. The summed E-state index contributed by atoms with van der Waals surface area (Å²) in [5, 5.41) is 2.15. The molecule has 3 atom stereocenters. The first-order valence-electron chi connectivity index (χ1n) is 8.38. The van der Waals surface area contributed by atoms with Crippen molar-refractivity contribution in [3.8, 4) is 0 Å². The number of hydrogen-bond donors (Lipinski definition) is 1. The van der Waals surface area contributed by atoms with Crippen molar-refractivity contribution in [3.05, 3.63) is 0 Å². The van der Waals surface area contributed by atoms with Crippen LogP contribution in [0.5, 0.6) is 0 Å². The summed E-state index contributed by atoms with van der Waals surface area (Å²) in [7, 11) is 0. The molecule has 3 fully saturated rings. The Kier molecular flexibility index (Phi) is 4.42. The fourth-order valence-electron chi connectivity index (χ4n) is 4.36. The molecule has 3 rings (SSSR count). The molecule has 0 bridgehead atoms. The molecule has 3 aliphatic rings. The molecule has 1 N–H and O–H groups in total. The highest BCUT2D eigenvalue weighted by atomic mass is 16.2. The molecular weight excluding hydrogens is 236 g/mol. The van der Waals surface area contributed by atoms with Gasteiger partial charge in [0.15, 0.2) is 0 Å². The average molecular weight is 264 g/mol. The SMILES string of the molecule is O=C(NN1CCCCC1)[C@@H]1CC[C@H]2CCCC[C@H]2C1. The van der Waals surface area contributed by atoms with Crippen molar-refractivity contribution in [2.24, 2.45) is 17.8 Å². The predicted molar refractivity (Wildman–Crippen MR) is 76.4 cm³/mol. The van der Waals surface area contributed by atoms with Crippen LogP contribution in [0.4, 0.5) is 0 Å². The van der Waals surface area contributed by atoms with Crippen LogP contribution in [-0.4, -0.2) is 24.0 Å². The van der Waals surface area contributed by atoms with E-state index in [9.17, 15) is 4.79 Å². The standard InChI is InChI=1S/C16H28N2O/c19-16(17-18-10-4-1-5-11-18)15-9-8-13-6-2-3-7-14(13)12-15/h13-15H,1-12H2,(H,17,19)/t13-,14+,15-/m1/s1. The summed E-state index contributed by atoms with van der Waals surface area (Å²) in [5.41, 5.74) is 3.18. The van der Waals surface area contributed by atoms with Crippen LogP contribution in [0.15, 0.2) is 0 Å². The Balaban J connectivity index is 1.49. The molecule has 1 aliphatic heterocycles. The minimum Gasteiger partial charge on any atom is -0.289 e. The summed E-state index contributed by atoms with van der Waals surface area (Å²) in [6.07, 6.45) is 13.0. The number of nitrogens with one attached hydrogen (secondary N) is 1. The lowest BCUT2D eigenvalue weighted by Crippen LogP contribution is -2.48. The second kappa shape index (κ2) is 6.25. The van der Waals surface area contributed by atoms with Gasteiger partial charge in [0.1, 0.15) is 0 Å². The van der Waals surface area contributed by atoms with Crippen LogP contribution >= 0.6 is 0 Å². The molecule has 0 aromatic carbocycles. The van der Waals surface area contributed by atoms with E-state index in [1.165, 1.54) is 51.4 Å². The zero-order chi connectivity index (χ0) is 13.1. The van der Waals surface area contributed by atoms with Crippen LogP contribution in [0.2, 0.25) is 0 Å². The Morgan fingerprint density at radius 3 is 2.37 bits per heavy atom. The quantitative estimate of drug-likeness (QED) is 0.831. The molecule has 1 heterocycles. The van der Waals surface area contributed by atoms with Gasteiger partial charge >= 0.3 is 0 Å². The van der Waals surface area contributed by atoms with Gasteiger partial charge in [-0.1, -0.05) is 32.1 Å². The Morgan fingerprint density at radius 2 is 1.58 bits per heavy atom. The molecule has 1 amide bonds. The molecule has 3 heteroatoms. The fraction of sp³-hybridized carbons (Fsp3) is 0.938. The molecule has 0 spiro atoms. The van der Waals surface area contributed by atoms with E-state index in [-0.39, 0.29) is 0 Å². The Labute approximate surface area is 117 Å². The molecule has 108 valence electrons. The number of hydrazine groups is 1. The molecule has 1 saturated heterocycles. The lowest BCUT2D eigenvalue weighted by molar-refractivity contribution is -0.132. The van der Waals surface area contributed by atoms with Crippen molar-refractivity contribution >= 4 is 5.91 Å². The zero-order valence-electron chi connectivity index (χ0n) is 12.1. The minimum atomic E-state index is 0.293. The summed E-state index contributed by atoms with van der Waals surface area (Å²) in [6.45, 7) is 2.09. The van der Waals surface area contributed by atoms with Crippen LogP contribution in [0.3, 0.4) is 0 Å². The molecule has 2 saturated carbocycles. The third-order valence-electron chi connectivity index (χ3n) is 5.53. The summed E-state index contributed by atoms with van der Waals surface area (Å²) in [4.78, 5) is 12.4. The Morgan fingerprint density at radius 1 is 0.842 bits per heavy atom. The topological polar surface area (TPSA) is 32.3 Å². The summed E-state index contributed by atoms with van der Waals surface area (Å²) in [5.74, 6) is 2.39. The van der Waals surface area contributed by atoms with Crippen LogP contribution in [-0.2, 0) is 4.79 Å². The largest absolute Gasteiger partial charge is 0.289 e. The first kappa shape index (κ1) is 13.4. The third kappa shape index (κ3) is 3.31. The number of piperidine rings is 1. The van der Waals surface area contributed by atoms with E-state index >= 15 is 0 Å². The third-order valence-corrected chi connectivity index (χ3v) is 5.53. The number of rotatable bonds is 2. The van der Waals surface area contributed by atoms with E-state index < -0.39 is 0 Å². The summed E-state index contributed by atoms with van der Waals surface area (Å²) < 4.78 is 0. The number of hydrogen-bond acceptors (Lipinski definition) is 2. The van der Waals surface area contributed by atoms with Gasteiger partial charge in [-0.25, -0.2) is 5.01 Å². The number of carbonyl (C=O) groups excluding carboxylic acids is 1. The van der Waals surface area contributed by atoms with Gasteiger partial charge in [0.05, 0.1) is 0 Å². The minimum absolute atomic E-state index is 0.293. The van der Waals surface area contributed by atoms with Crippen LogP contribution < -0.4 is 5.43 Å². The van der Waals surface area contributed by atoms with Crippen LogP contribution in [0, 0.1) is 17.8 Å². The van der Waals surface area contributed by atoms with Gasteiger partial charge in [0.2, 0.25) is 5.91 Å². The predicted octanol–water partition coefficient (Wildman–Crippen LogP) is 3.11. The van der Waals surface area contributed by atoms with Gasteiger partial charge in [0.25, 0.3) is 0 Å². The maximum absolute atomic E-state index is 12.4. The van der Waals surface area contributed by atoms with Gasteiger partial charge in [-0.3, -0.25) is 10.2 Å². The molecule has 0 aromatic heterocycles. The molecule has 0 radical (unpaired) electrons. The molecule has 2 aliphatic carbocycles. The number of amides is 1. The molecule has 19 heavy (non-hydrogen) atoms. The van der Waals surface area contributed by atoms with Gasteiger partial charge in [-0.05, 0) is 43.9 Å². The molecular formula is C16H28N2O. The van der Waals surface area contributed by atoms with E-state index in [4.69, 9.17) is 0 Å². The second-order valence-corrected chi connectivity index (χ2v) is 6.84. The van der Waals surface area contributed by atoms with Crippen molar-refractivity contribution in [2.45, 2.75) is 64.2 Å². The van der Waals surface area contributed by atoms with Crippen molar-refractivity contribution in [1.29, 1.82) is 0 Å². The van der Waals surface area contributed by atoms with Crippen LogP contribution in [0.25, 0.3) is 0 Å². The van der Waals surface area contributed by atoms with E-state index in [0.29, 0.717) is 11.8 Å². The first-order valence-corrected chi connectivity index (χ1v) is 8.38. The molecule has 3 nitrogen and oxygen atoms in total. The highest BCUT2D eigenvalue weighted by Gasteiger charge is 2.35. The average Bonchev–Trinajstić information content (AvgIpc) is 2.48. The number of fused-ring (bicyclic) bond motifs is 1. The Bertz CT molecular complexity index is 312. The van der Waals surface area contributed by atoms with Crippen molar-refractivity contribution < 1.29 is 4.79 Å². The zero-order valence-corrected chi connectivity index (χ0v) is 12.1. The lowest BCUT2D eigenvalue weighted by atomic mass is 9.67.